The maximum atomic E-state index is 10.2. The zero-order chi connectivity index (χ0) is 15.2. The third-order valence-electron chi connectivity index (χ3n) is 3.48. The lowest BCUT2D eigenvalue weighted by Gasteiger charge is -2.26. The van der Waals surface area contributed by atoms with E-state index in [1.165, 1.54) is 0 Å². The first kappa shape index (κ1) is 16.8. The van der Waals surface area contributed by atoms with Gasteiger partial charge in [0.1, 0.15) is 11.5 Å². The quantitative estimate of drug-likeness (QED) is 0.769. The molecular weight excluding hydrogens is 254 g/mol. The molecule has 0 aromatic heterocycles. The molecule has 1 rings (SSSR count). The van der Waals surface area contributed by atoms with Crippen LogP contribution in [0.25, 0.3) is 0 Å². The first-order valence-electron chi connectivity index (χ1n) is 7.11. The molecule has 2 N–H and O–H groups in total. The van der Waals surface area contributed by atoms with Crippen LogP contribution in [0.5, 0.6) is 11.5 Å². The number of methoxy groups -OCH3 is 2. The molecule has 1 aromatic carbocycles. The molecule has 0 aliphatic carbocycles. The van der Waals surface area contributed by atoms with Gasteiger partial charge in [-0.2, -0.15) is 0 Å². The normalized spacial score (nSPS) is 15.5. The van der Waals surface area contributed by atoms with E-state index < -0.39 is 5.60 Å². The molecule has 0 heterocycles. The van der Waals surface area contributed by atoms with E-state index in [4.69, 9.17) is 9.47 Å². The van der Waals surface area contributed by atoms with Gasteiger partial charge in [0.25, 0.3) is 0 Å². The standard InChI is InChI=1S/C16H27NO3/c1-6-9-16(3,18)11-17-12(2)14-8-7-13(19-4)10-15(14)20-5/h7-8,10,12,17-18H,6,9,11H2,1-5H3. The predicted octanol–water partition coefficient (Wildman–Crippen LogP) is 2.91. The van der Waals surface area contributed by atoms with Crippen LogP contribution in [0.3, 0.4) is 0 Å². The Morgan fingerprint density at radius 1 is 1.30 bits per heavy atom. The molecule has 0 saturated carbocycles. The van der Waals surface area contributed by atoms with Gasteiger partial charge in [-0.1, -0.05) is 19.4 Å². The van der Waals surface area contributed by atoms with Gasteiger partial charge in [-0.15, -0.1) is 0 Å². The van der Waals surface area contributed by atoms with Gasteiger partial charge in [-0.25, -0.2) is 0 Å². The van der Waals surface area contributed by atoms with Crippen LogP contribution in [0, 0.1) is 0 Å². The van der Waals surface area contributed by atoms with E-state index in [1.54, 1.807) is 14.2 Å². The summed E-state index contributed by atoms with van der Waals surface area (Å²) in [6, 6.07) is 5.88. The highest BCUT2D eigenvalue weighted by atomic mass is 16.5. The summed E-state index contributed by atoms with van der Waals surface area (Å²) in [4.78, 5) is 0. The molecule has 0 saturated heterocycles. The monoisotopic (exact) mass is 281 g/mol. The highest BCUT2D eigenvalue weighted by molar-refractivity contribution is 5.42. The third kappa shape index (κ3) is 4.69. The van der Waals surface area contributed by atoms with Gasteiger partial charge in [0, 0.05) is 24.2 Å². The minimum atomic E-state index is -0.678. The van der Waals surface area contributed by atoms with E-state index in [0.29, 0.717) is 6.54 Å². The van der Waals surface area contributed by atoms with Gasteiger partial charge >= 0.3 is 0 Å². The molecule has 4 nitrogen and oxygen atoms in total. The maximum Gasteiger partial charge on any atom is 0.127 e. The third-order valence-corrected chi connectivity index (χ3v) is 3.48. The fourth-order valence-corrected chi connectivity index (χ4v) is 2.29. The molecule has 0 aliphatic heterocycles. The van der Waals surface area contributed by atoms with Gasteiger partial charge in [0.15, 0.2) is 0 Å². The van der Waals surface area contributed by atoms with Crippen molar-refractivity contribution in [1.29, 1.82) is 0 Å². The highest BCUT2D eigenvalue weighted by Crippen LogP contribution is 2.29. The lowest BCUT2D eigenvalue weighted by molar-refractivity contribution is 0.0476. The minimum Gasteiger partial charge on any atom is -0.497 e. The molecule has 4 heteroatoms. The summed E-state index contributed by atoms with van der Waals surface area (Å²) in [5, 5.41) is 13.6. The fraction of sp³-hybridized carbons (Fsp3) is 0.625. The van der Waals surface area contributed by atoms with Crippen molar-refractivity contribution < 1.29 is 14.6 Å². The Morgan fingerprint density at radius 3 is 2.55 bits per heavy atom. The molecule has 114 valence electrons. The van der Waals surface area contributed by atoms with Crippen LogP contribution in [0.15, 0.2) is 18.2 Å². The molecule has 2 unspecified atom stereocenters. The van der Waals surface area contributed by atoms with Crippen LogP contribution in [-0.4, -0.2) is 31.5 Å². The van der Waals surface area contributed by atoms with E-state index in [-0.39, 0.29) is 6.04 Å². The van der Waals surface area contributed by atoms with Crippen LogP contribution in [-0.2, 0) is 0 Å². The average molecular weight is 281 g/mol. The van der Waals surface area contributed by atoms with E-state index >= 15 is 0 Å². The fourth-order valence-electron chi connectivity index (χ4n) is 2.29. The largest absolute Gasteiger partial charge is 0.497 e. The zero-order valence-corrected chi connectivity index (χ0v) is 13.2. The summed E-state index contributed by atoms with van der Waals surface area (Å²) in [5.41, 5.74) is 0.378. The number of rotatable bonds is 8. The Labute approximate surface area is 122 Å². The molecule has 20 heavy (non-hydrogen) atoms. The van der Waals surface area contributed by atoms with Crippen LogP contribution >= 0.6 is 0 Å². The van der Waals surface area contributed by atoms with Crippen LogP contribution < -0.4 is 14.8 Å². The van der Waals surface area contributed by atoms with Crippen molar-refractivity contribution in [2.45, 2.75) is 45.3 Å². The first-order chi connectivity index (χ1) is 9.43. The Bertz CT molecular complexity index is 418. The summed E-state index contributed by atoms with van der Waals surface area (Å²) in [6.07, 6.45) is 1.75. The van der Waals surface area contributed by atoms with Gasteiger partial charge in [0.2, 0.25) is 0 Å². The van der Waals surface area contributed by atoms with Crippen LogP contribution in [0.1, 0.15) is 45.2 Å². The zero-order valence-electron chi connectivity index (χ0n) is 13.2. The highest BCUT2D eigenvalue weighted by Gasteiger charge is 2.21. The van der Waals surface area contributed by atoms with E-state index in [1.807, 2.05) is 25.1 Å². The first-order valence-corrected chi connectivity index (χ1v) is 7.11. The van der Waals surface area contributed by atoms with Crippen LogP contribution in [0.4, 0.5) is 0 Å². The lowest BCUT2D eigenvalue weighted by Crippen LogP contribution is -2.38. The molecule has 0 spiro atoms. The lowest BCUT2D eigenvalue weighted by atomic mass is 9.99. The SMILES string of the molecule is CCCC(C)(O)CNC(C)c1ccc(OC)cc1OC. The van der Waals surface area contributed by atoms with Crippen molar-refractivity contribution in [3.05, 3.63) is 23.8 Å². The van der Waals surface area contributed by atoms with Gasteiger partial charge in [-0.05, 0) is 26.3 Å². The molecule has 2 atom stereocenters. The Kier molecular flexibility index (Phi) is 6.30. The van der Waals surface area contributed by atoms with Crippen molar-refractivity contribution in [1.82, 2.24) is 5.32 Å². The Morgan fingerprint density at radius 2 is 2.00 bits per heavy atom. The number of hydrogen-bond donors (Lipinski definition) is 2. The predicted molar refractivity (Wildman–Crippen MR) is 81.5 cm³/mol. The molecule has 0 fully saturated rings. The van der Waals surface area contributed by atoms with Crippen molar-refractivity contribution in [2.75, 3.05) is 20.8 Å². The van der Waals surface area contributed by atoms with Gasteiger partial charge in [-0.3, -0.25) is 0 Å². The second kappa shape index (κ2) is 7.50. The van der Waals surface area contributed by atoms with Crippen molar-refractivity contribution >= 4 is 0 Å². The summed E-state index contributed by atoms with van der Waals surface area (Å²) in [5.74, 6) is 1.57. The average Bonchev–Trinajstić information content (AvgIpc) is 2.44. The van der Waals surface area contributed by atoms with E-state index in [0.717, 1.165) is 29.9 Å². The summed E-state index contributed by atoms with van der Waals surface area (Å²) in [7, 11) is 3.29. The minimum absolute atomic E-state index is 0.0965. The molecule has 0 radical (unpaired) electrons. The van der Waals surface area contributed by atoms with Gasteiger partial charge in [0.05, 0.1) is 19.8 Å². The number of ether oxygens (including phenoxy) is 2. The smallest absolute Gasteiger partial charge is 0.127 e. The van der Waals surface area contributed by atoms with Crippen molar-refractivity contribution in [3.8, 4) is 11.5 Å². The second-order valence-corrected chi connectivity index (χ2v) is 5.46. The van der Waals surface area contributed by atoms with Crippen molar-refractivity contribution in [3.63, 3.8) is 0 Å². The Balaban J connectivity index is 2.74. The van der Waals surface area contributed by atoms with E-state index in [2.05, 4.69) is 19.2 Å². The molecular formula is C16H27NO3. The number of nitrogens with one attached hydrogen (secondary N) is 1. The number of benzene rings is 1. The van der Waals surface area contributed by atoms with E-state index in [9.17, 15) is 5.11 Å². The summed E-state index contributed by atoms with van der Waals surface area (Å²) < 4.78 is 10.6. The van der Waals surface area contributed by atoms with Gasteiger partial charge < -0.3 is 19.9 Å². The molecule has 0 bridgehead atoms. The summed E-state index contributed by atoms with van der Waals surface area (Å²) in [6.45, 7) is 6.55. The van der Waals surface area contributed by atoms with Crippen molar-refractivity contribution in [2.24, 2.45) is 0 Å². The second-order valence-electron chi connectivity index (χ2n) is 5.46. The molecule has 1 aromatic rings. The molecule has 0 aliphatic rings. The number of aliphatic hydroxyl groups is 1. The molecule has 0 amide bonds. The topological polar surface area (TPSA) is 50.7 Å². The number of hydrogen-bond acceptors (Lipinski definition) is 4. The maximum absolute atomic E-state index is 10.2. The Hall–Kier alpha value is -1.26. The van der Waals surface area contributed by atoms with Crippen LogP contribution in [0.2, 0.25) is 0 Å². The summed E-state index contributed by atoms with van der Waals surface area (Å²) >= 11 is 0.